The van der Waals surface area contributed by atoms with E-state index in [4.69, 9.17) is 11.6 Å². The molecule has 2 aliphatic rings. The van der Waals surface area contributed by atoms with Crippen LogP contribution < -0.4 is 4.90 Å². The first-order valence-corrected chi connectivity index (χ1v) is 6.84. The summed E-state index contributed by atoms with van der Waals surface area (Å²) in [5, 5.41) is 21.5. The van der Waals surface area contributed by atoms with Crippen LogP contribution in [0.2, 0.25) is 5.02 Å². The van der Waals surface area contributed by atoms with Crippen molar-refractivity contribution in [2.24, 2.45) is 0 Å². The quantitative estimate of drug-likeness (QED) is 0.669. The van der Waals surface area contributed by atoms with Gasteiger partial charge >= 0.3 is 0 Å². The summed E-state index contributed by atoms with van der Waals surface area (Å²) in [5.41, 5.74) is 0.689. The van der Waals surface area contributed by atoms with E-state index in [0.29, 0.717) is 23.6 Å². The molecule has 0 radical (unpaired) electrons. The van der Waals surface area contributed by atoms with Crippen LogP contribution >= 0.6 is 11.6 Å². The highest BCUT2D eigenvalue weighted by Gasteiger charge is 2.42. The van der Waals surface area contributed by atoms with Gasteiger partial charge in [-0.15, -0.1) is 0 Å². The summed E-state index contributed by atoms with van der Waals surface area (Å²) < 4.78 is 0. The molecule has 19 heavy (non-hydrogen) atoms. The number of nitro benzene ring substituents is 1. The fraction of sp³-hybridized carbons (Fsp3) is 0.538. The third-order valence-corrected chi connectivity index (χ3v) is 4.36. The lowest BCUT2D eigenvalue weighted by Gasteiger charge is -2.38. The Balaban J connectivity index is 2.03. The van der Waals surface area contributed by atoms with Gasteiger partial charge in [0.1, 0.15) is 5.69 Å². The predicted molar refractivity (Wildman–Crippen MR) is 72.6 cm³/mol. The van der Waals surface area contributed by atoms with Crippen LogP contribution in [0.3, 0.4) is 0 Å². The molecule has 6 heteroatoms. The smallest absolute Gasteiger partial charge is 0.292 e. The largest absolute Gasteiger partial charge is 0.393 e. The predicted octanol–water partition coefficient (Wildman–Crippen LogP) is 2.74. The molecule has 2 aliphatic heterocycles. The van der Waals surface area contributed by atoms with Crippen molar-refractivity contribution in [3.8, 4) is 0 Å². The number of aliphatic hydroxyl groups excluding tert-OH is 1. The van der Waals surface area contributed by atoms with Gasteiger partial charge in [0.25, 0.3) is 5.69 Å². The second-order valence-electron chi connectivity index (χ2n) is 5.31. The number of fused-ring (bicyclic) bond motifs is 2. The van der Waals surface area contributed by atoms with Gasteiger partial charge in [0.05, 0.1) is 11.0 Å². The highest BCUT2D eigenvalue weighted by atomic mass is 35.5. The summed E-state index contributed by atoms with van der Waals surface area (Å²) >= 11 is 5.99. The van der Waals surface area contributed by atoms with Gasteiger partial charge in [0, 0.05) is 23.2 Å². The van der Waals surface area contributed by atoms with Gasteiger partial charge in [0.15, 0.2) is 0 Å². The van der Waals surface area contributed by atoms with Gasteiger partial charge in [-0.3, -0.25) is 10.1 Å². The number of nitro groups is 1. The van der Waals surface area contributed by atoms with Crippen LogP contribution in [-0.4, -0.2) is 28.2 Å². The summed E-state index contributed by atoms with van der Waals surface area (Å²) in [6, 6.07) is 5.05. The van der Waals surface area contributed by atoms with Crippen molar-refractivity contribution >= 4 is 23.0 Å². The molecule has 0 saturated carbocycles. The Hall–Kier alpha value is -1.33. The second-order valence-corrected chi connectivity index (χ2v) is 5.74. The van der Waals surface area contributed by atoms with Crippen molar-refractivity contribution in [2.75, 3.05) is 4.90 Å². The van der Waals surface area contributed by atoms with E-state index in [9.17, 15) is 15.2 Å². The van der Waals surface area contributed by atoms with Crippen molar-refractivity contribution in [1.29, 1.82) is 0 Å². The molecule has 1 aromatic carbocycles. The molecule has 1 aromatic rings. The lowest BCUT2D eigenvalue weighted by Crippen LogP contribution is -2.45. The molecular weight excluding hydrogens is 268 g/mol. The van der Waals surface area contributed by atoms with Gasteiger partial charge in [-0.1, -0.05) is 11.6 Å². The molecule has 102 valence electrons. The average Bonchev–Trinajstić information content (AvgIpc) is 2.61. The molecule has 2 bridgehead atoms. The first-order chi connectivity index (χ1) is 9.06. The van der Waals surface area contributed by atoms with Crippen LogP contribution in [0, 0.1) is 10.1 Å². The molecule has 2 heterocycles. The van der Waals surface area contributed by atoms with Gasteiger partial charge in [-0.2, -0.15) is 0 Å². The number of anilines is 1. The number of aliphatic hydroxyl groups is 1. The highest BCUT2D eigenvalue weighted by molar-refractivity contribution is 6.31. The van der Waals surface area contributed by atoms with E-state index in [1.54, 1.807) is 12.1 Å². The van der Waals surface area contributed by atoms with Crippen LogP contribution in [-0.2, 0) is 0 Å². The fourth-order valence-corrected chi connectivity index (χ4v) is 3.57. The molecule has 1 N–H and O–H groups in total. The third kappa shape index (κ3) is 2.17. The second kappa shape index (κ2) is 4.65. The van der Waals surface area contributed by atoms with Crippen molar-refractivity contribution in [3.05, 3.63) is 33.3 Å². The summed E-state index contributed by atoms with van der Waals surface area (Å²) in [6.07, 6.45) is 3.03. The molecule has 5 nitrogen and oxygen atoms in total. The zero-order chi connectivity index (χ0) is 13.6. The van der Waals surface area contributed by atoms with E-state index in [1.165, 1.54) is 6.07 Å². The molecule has 2 atom stereocenters. The lowest BCUT2D eigenvalue weighted by molar-refractivity contribution is -0.384. The molecule has 0 aliphatic carbocycles. The van der Waals surface area contributed by atoms with E-state index >= 15 is 0 Å². The molecular formula is C13H15ClN2O3. The number of piperidine rings is 1. The summed E-state index contributed by atoms with van der Waals surface area (Å²) in [6.45, 7) is 0. The van der Waals surface area contributed by atoms with Gasteiger partial charge < -0.3 is 10.0 Å². The number of hydrogen-bond acceptors (Lipinski definition) is 4. The van der Waals surface area contributed by atoms with Crippen molar-refractivity contribution in [3.63, 3.8) is 0 Å². The average molecular weight is 283 g/mol. The summed E-state index contributed by atoms with van der Waals surface area (Å²) in [5.74, 6) is 0. The van der Waals surface area contributed by atoms with Gasteiger partial charge in [0.2, 0.25) is 0 Å². The normalized spacial score (nSPS) is 29.6. The van der Waals surface area contributed by atoms with E-state index in [-0.39, 0.29) is 28.8 Å². The maximum Gasteiger partial charge on any atom is 0.292 e. The standard InChI is InChI=1S/C13H15ClN2O3/c14-8-1-4-12(16(18)19)13(5-8)15-9-2-3-10(15)7-11(17)6-9/h1,4-5,9-11,17H,2-3,6-7H2. The molecule has 0 amide bonds. The van der Waals surface area contributed by atoms with Crippen molar-refractivity contribution < 1.29 is 10.0 Å². The number of halogens is 1. The Morgan fingerprint density at radius 2 is 1.95 bits per heavy atom. The fourth-order valence-electron chi connectivity index (χ4n) is 3.40. The maximum absolute atomic E-state index is 11.2. The summed E-state index contributed by atoms with van der Waals surface area (Å²) in [4.78, 5) is 12.9. The van der Waals surface area contributed by atoms with Crippen LogP contribution in [0.25, 0.3) is 0 Å². The van der Waals surface area contributed by atoms with E-state index in [0.717, 1.165) is 12.8 Å². The maximum atomic E-state index is 11.2. The minimum atomic E-state index is -0.365. The minimum Gasteiger partial charge on any atom is -0.393 e. The number of benzene rings is 1. The topological polar surface area (TPSA) is 66.6 Å². The summed E-state index contributed by atoms with van der Waals surface area (Å²) in [7, 11) is 0. The first-order valence-electron chi connectivity index (χ1n) is 6.46. The zero-order valence-electron chi connectivity index (χ0n) is 10.3. The van der Waals surface area contributed by atoms with E-state index < -0.39 is 0 Å². The monoisotopic (exact) mass is 282 g/mol. The van der Waals surface area contributed by atoms with Crippen LogP contribution in [0.15, 0.2) is 18.2 Å². The SMILES string of the molecule is O=[N+]([O-])c1ccc(Cl)cc1N1C2CCC1CC(O)C2. The van der Waals surface area contributed by atoms with Crippen LogP contribution in [0.5, 0.6) is 0 Å². The number of hydrogen-bond donors (Lipinski definition) is 1. The Morgan fingerprint density at radius 1 is 1.32 bits per heavy atom. The highest BCUT2D eigenvalue weighted by Crippen LogP contribution is 2.43. The molecule has 0 spiro atoms. The zero-order valence-corrected chi connectivity index (χ0v) is 11.1. The Morgan fingerprint density at radius 3 is 2.53 bits per heavy atom. The molecule has 2 unspecified atom stereocenters. The van der Waals surface area contributed by atoms with Gasteiger partial charge in [-0.05, 0) is 37.8 Å². The third-order valence-electron chi connectivity index (χ3n) is 4.12. The van der Waals surface area contributed by atoms with E-state index in [2.05, 4.69) is 4.90 Å². The molecule has 2 saturated heterocycles. The Kier molecular flexibility index (Phi) is 3.11. The Labute approximate surface area is 115 Å². The van der Waals surface area contributed by atoms with Crippen LogP contribution in [0.4, 0.5) is 11.4 Å². The van der Waals surface area contributed by atoms with Crippen molar-refractivity contribution in [2.45, 2.75) is 43.9 Å². The van der Waals surface area contributed by atoms with Gasteiger partial charge in [-0.25, -0.2) is 0 Å². The first kappa shape index (κ1) is 12.7. The molecule has 0 aromatic heterocycles. The number of nitrogens with zero attached hydrogens (tertiary/aromatic N) is 2. The molecule has 2 fully saturated rings. The van der Waals surface area contributed by atoms with Crippen molar-refractivity contribution in [1.82, 2.24) is 0 Å². The van der Waals surface area contributed by atoms with Crippen LogP contribution in [0.1, 0.15) is 25.7 Å². The van der Waals surface area contributed by atoms with E-state index in [1.807, 2.05) is 0 Å². The lowest BCUT2D eigenvalue weighted by atomic mass is 9.98. The number of rotatable bonds is 2. The minimum absolute atomic E-state index is 0.0951. The molecule has 3 rings (SSSR count). The Bertz CT molecular complexity index is 509.